The van der Waals surface area contributed by atoms with Gasteiger partial charge in [0.2, 0.25) is 5.91 Å². The smallest absolute Gasteiger partial charge is 0.407 e. The highest BCUT2D eigenvalue weighted by Crippen LogP contribution is 2.26. The number of pyridine rings is 1. The van der Waals surface area contributed by atoms with Crippen LogP contribution in [0.2, 0.25) is 0 Å². The molecule has 5 unspecified atom stereocenters. The van der Waals surface area contributed by atoms with Crippen LogP contribution < -0.4 is 16.1 Å². The van der Waals surface area contributed by atoms with Gasteiger partial charge in [0.05, 0.1) is 24.8 Å². The molecule has 1 aromatic heterocycles. The summed E-state index contributed by atoms with van der Waals surface area (Å²) in [4.78, 5) is 62.4. The molecule has 13 heteroatoms. The molecule has 0 spiro atoms. The Morgan fingerprint density at radius 1 is 0.946 bits per heavy atom. The van der Waals surface area contributed by atoms with Gasteiger partial charge in [-0.1, -0.05) is 110 Å². The number of carbonyl (C=O) groups is 4. The Kier molecular flexibility index (Phi) is 15.2. The fourth-order valence-electron chi connectivity index (χ4n) is 6.94. The van der Waals surface area contributed by atoms with Crippen LogP contribution in [0.1, 0.15) is 79.4 Å². The van der Waals surface area contributed by atoms with Crippen LogP contribution in [0.4, 0.5) is 9.59 Å². The van der Waals surface area contributed by atoms with Crippen molar-refractivity contribution < 1.29 is 29.0 Å². The SMILES string of the molecule is CCC(C)C(C(=O)NC(Cc1ccccc1)C(O)CN(CCC(C)(C)C)NC(=O)C(NC(=O)OC)C(C)(C)C)N1CCN(Cc2ccnc3ccccc23)C1=O. The molecule has 1 aliphatic heterocycles. The number of para-hydroxylation sites is 1. The quantitative estimate of drug-likeness (QED) is 0.131. The fraction of sp³-hybridized carbons (Fsp3) is 0.558. The normalized spacial score (nSPS) is 16.3. The van der Waals surface area contributed by atoms with E-state index in [0.29, 0.717) is 45.4 Å². The van der Waals surface area contributed by atoms with Gasteiger partial charge in [-0.25, -0.2) is 14.6 Å². The topological polar surface area (TPSA) is 156 Å². The molecule has 4 N–H and O–H groups in total. The molecule has 0 bridgehead atoms. The second-order valence-corrected chi connectivity index (χ2v) is 17.3. The number of methoxy groups -OCH3 is 1. The van der Waals surface area contributed by atoms with Gasteiger partial charge in [-0.05, 0) is 52.8 Å². The van der Waals surface area contributed by atoms with Crippen LogP contribution in [0.3, 0.4) is 0 Å². The summed E-state index contributed by atoms with van der Waals surface area (Å²) in [6.45, 7) is 17.4. The molecular weight excluding hydrogens is 711 g/mol. The zero-order valence-electron chi connectivity index (χ0n) is 34.7. The lowest BCUT2D eigenvalue weighted by atomic mass is 9.86. The Morgan fingerprint density at radius 2 is 1.62 bits per heavy atom. The van der Waals surface area contributed by atoms with Gasteiger partial charge in [-0.3, -0.25) is 20.0 Å². The predicted molar refractivity (Wildman–Crippen MR) is 218 cm³/mol. The Hall–Kier alpha value is -4.75. The number of aromatic nitrogens is 1. The number of urea groups is 1. The maximum absolute atomic E-state index is 14.5. The summed E-state index contributed by atoms with van der Waals surface area (Å²) in [6, 6.07) is 16.7. The summed E-state index contributed by atoms with van der Waals surface area (Å²) < 4.78 is 4.79. The van der Waals surface area contributed by atoms with Crippen LogP contribution in [0.5, 0.6) is 0 Å². The van der Waals surface area contributed by atoms with E-state index in [1.54, 1.807) is 21.0 Å². The molecule has 4 rings (SSSR count). The first-order valence-electron chi connectivity index (χ1n) is 19.7. The molecule has 2 aromatic carbocycles. The largest absolute Gasteiger partial charge is 0.453 e. The van der Waals surface area contributed by atoms with Gasteiger partial charge in [0.1, 0.15) is 12.1 Å². The minimum atomic E-state index is -1.13. The number of hydrazine groups is 1. The highest BCUT2D eigenvalue weighted by Gasteiger charge is 2.41. The van der Waals surface area contributed by atoms with E-state index in [9.17, 15) is 24.3 Å². The van der Waals surface area contributed by atoms with Crippen LogP contribution >= 0.6 is 0 Å². The molecule has 0 saturated carbocycles. The summed E-state index contributed by atoms with van der Waals surface area (Å²) >= 11 is 0. The van der Waals surface area contributed by atoms with Crippen molar-refractivity contribution in [1.29, 1.82) is 0 Å². The molecular formula is C43H63N7O6. The third-order valence-electron chi connectivity index (χ3n) is 10.5. The lowest BCUT2D eigenvalue weighted by Gasteiger charge is -2.36. The summed E-state index contributed by atoms with van der Waals surface area (Å²) in [5.41, 5.74) is 4.96. The van der Waals surface area contributed by atoms with Crippen LogP contribution in [-0.4, -0.2) is 106 Å². The number of nitrogens with zero attached hydrogens (tertiary/aromatic N) is 4. The van der Waals surface area contributed by atoms with E-state index >= 15 is 0 Å². The van der Waals surface area contributed by atoms with Crippen molar-refractivity contribution in [2.45, 2.75) is 105 Å². The van der Waals surface area contributed by atoms with E-state index in [1.165, 1.54) is 7.11 Å². The van der Waals surface area contributed by atoms with Gasteiger partial charge >= 0.3 is 12.1 Å². The second-order valence-electron chi connectivity index (χ2n) is 17.3. The van der Waals surface area contributed by atoms with E-state index in [2.05, 4.69) is 41.8 Å². The third kappa shape index (κ3) is 12.1. The van der Waals surface area contributed by atoms with Crippen molar-refractivity contribution in [2.24, 2.45) is 16.7 Å². The monoisotopic (exact) mass is 773 g/mol. The van der Waals surface area contributed by atoms with Crippen LogP contribution in [0.15, 0.2) is 66.9 Å². The molecule has 56 heavy (non-hydrogen) atoms. The van der Waals surface area contributed by atoms with E-state index < -0.39 is 41.6 Å². The Labute approximate surface area is 332 Å². The van der Waals surface area contributed by atoms with E-state index in [1.807, 2.05) is 95.3 Å². The van der Waals surface area contributed by atoms with E-state index in [4.69, 9.17) is 4.74 Å². The maximum Gasteiger partial charge on any atom is 0.407 e. The summed E-state index contributed by atoms with van der Waals surface area (Å²) in [5.74, 6) is -0.972. The first kappa shape index (κ1) is 44.0. The van der Waals surface area contributed by atoms with Crippen molar-refractivity contribution in [1.82, 2.24) is 35.9 Å². The number of rotatable bonds is 17. The van der Waals surface area contributed by atoms with E-state index in [0.717, 1.165) is 22.0 Å². The van der Waals surface area contributed by atoms with Gasteiger partial charge < -0.3 is 30.3 Å². The Balaban J connectivity index is 1.58. The third-order valence-corrected chi connectivity index (χ3v) is 10.5. The van der Waals surface area contributed by atoms with Gasteiger partial charge in [0, 0.05) is 44.3 Å². The number of benzene rings is 2. The van der Waals surface area contributed by atoms with Crippen LogP contribution in [-0.2, 0) is 27.3 Å². The van der Waals surface area contributed by atoms with E-state index in [-0.39, 0.29) is 29.8 Å². The average molecular weight is 774 g/mol. The lowest BCUT2D eigenvalue weighted by Crippen LogP contribution is -2.60. The first-order chi connectivity index (χ1) is 26.4. The highest BCUT2D eigenvalue weighted by molar-refractivity contribution is 5.89. The number of aliphatic hydroxyl groups is 1. The number of aliphatic hydroxyl groups excluding tert-OH is 1. The number of alkyl carbamates (subject to hydrolysis) is 1. The fourth-order valence-corrected chi connectivity index (χ4v) is 6.94. The van der Waals surface area contributed by atoms with Gasteiger partial charge in [-0.15, -0.1) is 0 Å². The lowest BCUT2D eigenvalue weighted by molar-refractivity contribution is -0.132. The molecule has 306 valence electrons. The molecule has 3 aromatic rings. The Bertz CT molecular complexity index is 1770. The number of hydrogen-bond donors (Lipinski definition) is 4. The molecule has 0 radical (unpaired) electrons. The van der Waals surface area contributed by atoms with Crippen molar-refractivity contribution in [3.8, 4) is 0 Å². The number of ether oxygens (including phenoxy) is 1. The predicted octanol–water partition coefficient (Wildman–Crippen LogP) is 5.52. The molecule has 1 saturated heterocycles. The number of hydrogen-bond acceptors (Lipinski definition) is 8. The van der Waals surface area contributed by atoms with Crippen molar-refractivity contribution in [3.63, 3.8) is 0 Å². The average Bonchev–Trinajstić information content (AvgIpc) is 3.50. The van der Waals surface area contributed by atoms with Crippen molar-refractivity contribution >= 4 is 34.8 Å². The van der Waals surface area contributed by atoms with Crippen LogP contribution in [0.25, 0.3) is 10.9 Å². The number of nitrogens with one attached hydrogen (secondary N) is 3. The molecule has 5 amide bonds. The summed E-state index contributed by atoms with van der Waals surface area (Å²) in [6.07, 6.45) is 1.54. The summed E-state index contributed by atoms with van der Waals surface area (Å²) in [5, 5.41) is 20.5. The molecule has 2 heterocycles. The molecule has 1 aliphatic rings. The molecule has 5 atom stereocenters. The first-order valence-corrected chi connectivity index (χ1v) is 19.7. The van der Waals surface area contributed by atoms with Gasteiger partial charge in [-0.2, -0.15) is 0 Å². The minimum Gasteiger partial charge on any atom is -0.453 e. The standard InChI is InChI=1S/C43H63N7O6/c1-10-29(2)36(50-25-24-48(41(50)55)27-31-20-22-44-33-19-15-14-18-32(31)33)38(52)45-34(26-30-16-12-11-13-17-30)35(51)28-49(23-21-42(3,4)5)47-39(53)37(43(6,7)8)46-40(54)56-9/h11-20,22,29,34-37,51H,10,21,23-28H2,1-9H3,(H,45,52)(H,46,54)(H,47,53). The molecule has 13 nitrogen and oxygen atoms in total. The van der Waals surface area contributed by atoms with Gasteiger partial charge in [0.25, 0.3) is 5.91 Å². The number of carbonyl (C=O) groups excluding carboxylic acids is 4. The number of amides is 5. The Morgan fingerprint density at radius 3 is 2.27 bits per heavy atom. The van der Waals surface area contributed by atoms with Crippen molar-refractivity contribution in [3.05, 3.63) is 78.0 Å². The van der Waals surface area contributed by atoms with Crippen LogP contribution in [0, 0.1) is 16.7 Å². The zero-order chi connectivity index (χ0) is 41.2. The highest BCUT2D eigenvalue weighted by atomic mass is 16.5. The number of fused-ring (bicyclic) bond motifs is 1. The van der Waals surface area contributed by atoms with Crippen molar-refractivity contribution in [2.75, 3.05) is 33.3 Å². The maximum atomic E-state index is 14.5. The minimum absolute atomic E-state index is 0.0149. The van der Waals surface area contributed by atoms with Gasteiger partial charge in [0.15, 0.2) is 0 Å². The molecule has 1 fully saturated rings. The zero-order valence-corrected chi connectivity index (χ0v) is 34.7. The second kappa shape index (κ2) is 19.4. The molecule has 0 aliphatic carbocycles. The summed E-state index contributed by atoms with van der Waals surface area (Å²) in [7, 11) is 1.24.